The fourth-order valence-corrected chi connectivity index (χ4v) is 3.44. The average molecular weight is 268 g/mol. The van der Waals surface area contributed by atoms with Crippen LogP contribution in [0.15, 0.2) is 0 Å². The van der Waals surface area contributed by atoms with E-state index in [-0.39, 0.29) is 0 Å². The fraction of sp³-hybridized carbons (Fsp3) is 1.00. The van der Waals surface area contributed by atoms with Crippen LogP contribution in [0.5, 0.6) is 0 Å². The highest BCUT2D eigenvalue weighted by atomic mass is 16.5. The molecule has 1 saturated carbocycles. The summed E-state index contributed by atoms with van der Waals surface area (Å²) in [5.74, 6) is 0.928. The van der Waals surface area contributed by atoms with E-state index in [2.05, 4.69) is 17.1 Å². The van der Waals surface area contributed by atoms with E-state index in [1.807, 2.05) is 0 Å². The Bertz CT molecular complexity index is 229. The summed E-state index contributed by atoms with van der Waals surface area (Å²) in [6, 6.07) is 0.740. The van der Waals surface area contributed by atoms with Crippen molar-refractivity contribution < 1.29 is 4.74 Å². The second kappa shape index (κ2) is 8.93. The van der Waals surface area contributed by atoms with Crippen LogP contribution in [-0.4, -0.2) is 50.3 Å². The quantitative estimate of drug-likeness (QED) is 0.718. The molecule has 0 spiro atoms. The Morgan fingerprint density at radius 2 is 2.00 bits per heavy atom. The van der Waals surface area contributed by atoms with Crippen molar-refractivity contribution in [1.82, 2.24) is 10.2 Å². The van der Waals surface area contributed by atoms with Crippen molar-refractivity contribution in [2.45, 2.75) is 57.9 Å². The van der Waals surface area contributed by atoms with Crippen LogP contribution >= 0.6 is 0 Å². The van der Waals surface area contributed by atoms with Gasteiger partial charge in [0.05, 0.1) is 6.61 Å². The normalized spacial score (nSPS) is 26.7. The Hall–Kier alpha value is -0.120. The van der Waals surface area contributed by atoms with Gasteiger partial charge in [0, 0.05) is 38.8 Å². The van der Waals surface area contributed by atoms with Gasteiger partial charge in [0.25, 0.3) is 0 Å². The lowest BCUT2D eigenvalue weighted by Gasteiger charge is -2.39. The second-order valence-corrected chi connectivity index (χ2v) is 6.23. The molecule has 112 valence electrons. The smallest absolute Gasteiger partial charge is 0.0593 e. The van der Waals surface area contributed by atoms with Crippen LogP contribution in [0.4, 0.5) is 0 Å². The zero-order valence-corrected chi connectivity index (χ0v) is 12.7. The molecule has 2 aliphatic rings. The maximum absolute atomic E-state index is 5.70. The van der Waals surface area contributed by atoms with Gasteiger partial charge in [0.2, 0.25) is 0 Å². The third kappa shape index (κ3) is 5.41. The van der Waals surface area contributed by atoms with Gasteiger partial charge in [-0.25, -0.2) is 0 Å². The summed E-state index contributed by atoms with van der Waals surface area (Å²) in [4.78, 5) is 2.60. The highest BCUT2D eigenvalue weighted by Gasteiger charge is 2.27. The second-order valence-electron chi connectivity index (χ2n) is 6.23. The molecule has 0 aromatic carbocycles. The van der Waals surface area contributed by atoms with E-state index in [0.717, 1.165) is 38.3 Å². The molecule has 1 aliphatic carbocycles. The lowest BCUT2D eigenvalue weighted by atomic mass is 9.83. The molecule has 0 bridgehead atoms. The first-order chi connectivity index (χ1) is 9.40. The lowest BCUT2D eigenvalue weighted by Crippen LogP contribution is -2.54. The summed E-state index contributed by atoms with van der Waals surface area (Å²) in [7, 11) is 0. The summed E-state index contributed by atoms with van der Waals surface area (Å²) < 4.78 is 5.70. The standard InChI is InChI=1S/C16H32N2O/c1-2-3-12-19-13-11-18-10-9-17-16(14-18)15-7-5-4-6-8-15/h15-17H,2-14H2,1H3. The number of unbranched alkanes of at least 4 members (excludes halogenated alkanes) is 1. The summed E-state index contributed by atoms with van der Waals surface area (Å²) in [6.07, 6.45) is 9.67. The van der Waals surface area contributed by atoms with Crippen molar-refractivity contribution in [3.05, 3.63) is 0 Å². The van der Waals surface area contributed by atoms with E-state index in [0.29, 0.717) is 0 Å². The molecule has 3 nitrogen and oxygen atoms in total. The SMILES string of the molecule is CCCCOCCN1CCNC(C2CCCCC2)C1. The predicted molar refractivity (Wildman–Crippen MR) is 80.5 cm³/mol. The highest BCUT2D eigenvalue weighted by Crippen LogP contribution is 2.27. The van der Waals surface area contributed by atoms with E-state index in [4.69, 9.17) is 4.74 Å². The number of hydrogen-bond acceptors (Lipinski definition) is 3. The Kier molecular flexibility index (Phi) is 7.18. The van der Waals surface area contributed by atoms with Gasteiger partial charge in [-0.3, -0.25) is 4.90 Å². The molecule has 1 unspecified atom stereocenters. The molecule has 0 radical (unpaired) electrons. The number of rotatable bonds is 7. The minimum atomic E-state index is 0.740. The zero-order valence-electron chi connectivity index (χ0n) is 12.7. The molecule has 2 fully saturated rings. The van der Waals surface area contributed by atoms with Crippen molar-refractivity contribution >= 4 is 0 Å². The van der Waals surface area contributed by atoms with Crippen LogP contribution in [-0.2, 0) is 4.74 Å². The van der Waals surface area contributed by atoms with Crippen LogP contribution in [0.25, 0.3) is 0 Å². The molecule has 1 heterocycles. The Morgan fingerprint density at radius 3 is 2.79 bits per heavy atom. The predicted octanol–water partition coefficient (Wildman–Crippen LogP) is 2.66. The zero-order chi connectivity index (χ0) is 13.3. The van der Waals surface area contributed by atoms with Crippen molar-refractivity contribution in [3.63, 3.8) is 0 Å². The average Bonchev–Trinajstić information content (AvgIpc) is 2.48. The molecular weight excluding hydrogens is 236 g/mol. The highest BCUT2D eigenvalue weighted by molar-refractivity contribution is 4.85. The minimum absolute atomic E-state index is 0.740. The number of piperazine rings is 1. The summed E-state index contributed by atoms with van der Waals surface area (Å²) in [6.45, 7) is 8.79. The van der Waals surface area contributed by atoms with Crippen LogP contribution in [0.3, 0.4) is 0 Å². The van der Waals surface area contributed by atoms with Gasteiger partial charge in [-0.05, 0) is 25.2 Å². The van der Waals surface area contributed by atoms with E-state index in [1.165, 1.54) is 58.0 Å². The van der Waals surface area contributed by atoms with Gasteiger partial charge >= 0.3 is 0 Å². The van der Waals surface area contributed by atoms with Crippen molar-refractivity contribution in [1.29, 1.82) is 0 Å². The number of hydrogen-bond donors (Lipinski definition) is 1. The molecule has 0 aromatic heterocycles. The first kappa shape index (κ1) is 15.3. The van der Waals surface area contributed by atoms with Gasteiger partial charge in [0.1, 0.15) is 0 Å². The molecular formula is C16H32N2O. The lowest BCUT2D eigenvalue weighted by molar-refractivity contribution is 0.0797. The molecule has 1 N–H and O–H groups in total. The summed E-state index contributed by atoms with van der Waals surface area (Å²) in [5.41, 5.74) is 0. The van der Waals surface area contributed by atoms with E-state index >= 15 is 0 Å². The van der Waals surface area contributed by atoms with Crippen LogP contribution < -0.4 is 5.32 Å². The van der Waals surface area contributed by atoms with Crippen molar-refractivity contribution in [3.8, 4) is 0 Å². The molecule has 1 saturated heterocycles. The number of ether oxygens (including phenoxy) is 1. The summed E-state index contributed by atoms with van der Waals surface area (Å²) >= 11 is 0. The molecule has 0 amide bonds. The van der Waals surface area contributed by atoms with E-state index in [9.17, 15) is 0 Å². The monoisotopic (exact) mass is 268 g/mol. The van der Waals surface area contributed by atoms with Gasteiger partial charge in [-0.2, -0.15) is 0 Å². The minimum Gasteiger partial charge on any atom is -0.380 e. The van der Waals surface area contributed by atoms with Gasteiger partial charge in [0.15, 0.2) is 0 Å². The third-order valence-electron chi connectivity index (χ3n) is 4.70. The third-order valence-corrected chi connectivity index (χ3v) is 4.70. The molecule has 19 heavy (non-hydrogen) atoms. The Balaban J connectivity index is 1.62. The maximum Gasteiger partial charge on any atom is 0.0593 e. The van der Waals surface area contributed by atoms with Crippen molar-refractivity contribution in [2.24, 2.45) is 5.92 Å². The van der Waals surface area contributed by atoms with Gasteiger partial charge in [-0.1, -0.05) is 32.6 Å². The van der Waals surface area contributed by atoms with Crippen LogP contribution in [0, 0.1) is 5.92 Å². The van der Waals surface area contributed by atoms with Gasteiger partial charge in [-0.15, -0.1) is 0 Å². The Morgan fingerprint density at radius 1 is 1.16 bits per heavy atom. The molecule has 2 rings (SSSR count). The molecule has 1 aliphatic heterocycles. The van der Waals surface area contributed by atoms with Crippen LogP contribution in [0.1, 0.15) is 51.9 Å². The fourth-order valence-electron chi connectivity index (χ4n) is 3.44. The Labute approximate surface area is 119 Å². The number of nitrogens with one attached hydrogen (secondary N) is 1. The largest absolute Gasteiger partial charge is 0.380 e. The molecule has 3 heteroatoms. The van der Waals surface area contributed by atoms with Gasteiger partial charge < -0.3 is 10.1 Å². The van der Waals surface area contributed by atoms with Crippen molar-refractivity contribution in [2.75, 3.05) is 39.4 Å². The topological polar surface area (TPSA) is 24.5 Å². The molecule has 0 aromatic rings. The molecule has 1 atom stereocenters. The van der Waals surface area contributed by atoms with E-state index in [1.54, 1.807) is 0 Å². The maximum atomic E-state index is 5.70. The van der Waals surface area contributed by atoms with E-state index < -0.39 is 0 Å². The number of nitrogens with zero attached hydrogens (tertiary/aromatic N) is 1. The first-order valence-corrected chi connectivity index (χ1v) is 8.43. The first-order valence-electron chi connectivity index (χ1n) is 8.43. The summed E-state index contributed by atoms with van der Waals surface area (Å²) in [5, 5.41) is 3.75. The van der Waals surface area contributed by atoms with Crippen LogP contribution in [0.2, 0.25) is 0 Å².